The second-order valence-electron chi connectivity index (χ2n) is 2.70. The molecule has 7 heteroatoms. The van der Waals surface area contributed by atoms with Gasteiger partial charge in [-0.25, -0.2) is 0 Å². The summed E-state index contributed by atoms with van der Waals surface area (Å²) in [5.41, 5.74) is 0. The van der Waals surface area contributed by atoms with Crippen LogP contribution in [0.3, 0.4) is 0 Å². The molecule has 0 unspecified atom stereocenters. The lowest BCUT2D eigenvalue weighted by molar-refractivity contribution is -0.403. The van der Waals surface area contributed by atoms with Crippen LogP contribution >= 0.6 is 11.8 Å². The molecular formula is C9H18N2O4S. The molecule has 6 nitrogen and oxygen atoms in total. The minimum Gasteiger partial charge on any atom is -0.370 e. The van der Waals surface area contributed by atoms with E-state index in [2.05, 4.69) is 5.32 Å². The Morgan fingerprint density at radius 1 is 1.50 bits per heavy atom. The van der Waals surface area contributed by atoms with Crippen molar-refractivity contribution in [3.63, 3.8) is 0 Å². The Bertz CT molecular complexity index is 230. The molecule has 0 aliphatic carbocycles. The van der Waals surface area contributed by atoms with Crippen molar-refractivity contribution in [2.45, 2.75) is 20.1 Å². The fraction of sp³-hybridized carbons (Fsp3) is 0.778. The lowest BCUT2D eigenvalue weighted by atomic mass is 10.6. The molecule has 1 N–H and O–H groups in total. The Balaban J connectivity index is 4.10. The Morgan fingerprint density at radius 3 is 2.44 bits per heavy atom. The second-order valence-corrected chi connectivity index (χ2v) is 3.55. The van der Waals surface area contributed by atoms with Crippen LogP contribution in [0.5, 0.6) is 0 Å². The van der Waals surface area contributed by atoms with Gasteiger partial charge in [-0.05, 0) is 20.1 Å². The first-order valence-corrected chi connectivity index (χ1v) is 6.22. The third-order valence-corrected chi connectivity index (χ3v) is 2.28. The van der Waals surface area contributed by atoms with E-state index in [4.69, 9.17) is 9.47 Å². The minimum atomic E-state index is -0.491. The van der Waals surface area contributed by atoms with Crippen molar-refractivity contribution in [2.24, 2.45) is 0 Å². The fourth-order valence-corrected chi connectivity index (χ4v) is 1.41. The molecule has 0 aromatic heterocycles. The SMILES string of the molecule is CCOC(CN/C(=C\[N+](=O)[O-])SC)OCC. The largest absolute Gasteiger partial charge is 0.370 e. The average Bonchev–Trinajstić information content (AvgIpc) is 2.24. The Hall–Kier alpha value is -0.790. The second kappa shape index (κ2) is 9.44. The Morgan fingerprint density at radius 2 is 2.06 bits per heavy atom. The molecule has 0 amide bonds. The van der Waals surface area contributed by atoms with Gasteiger partial charge in [0.2, 0.25) is 0 Å². The Kier molecular flexibility index (Phi) is 8.97. The summed E-state index contributed by atoms with van der Waals surface area (Å²) in [6.45, 7) is 5.21. The van der Waals surface area contributed by atoms with Gasteiger partial charge in [0, 0.05) is 13.2 Å². The fourth-order valence-electron chi connectivity index (χ4n) is 0.988. The van der Waals surface area contributed by atoms with Gasteiger partial charge in [0.15, 0.2) is 6.29 Å². The van der Waals surface area contributed by atoms with Gasteiger partial charge in [0.25, 0.3) is 6.20 Å². The van der Waals surface area contributed by atoms with Gasteiger partial charge < -0.3 is 14.8 Å². The van der Waals surface area contributed by atoms with Crippen molar-refractivity contribution in [3.05, 3.63) is 21.3 Å². The van der Waals surface area contributed by atoms with Crippen molar-refractivity contribution < 1.29 is 14.4 Å². The average molecular weight is 250 g/mol. The third-order valence-electron chi connectivity index (χ3n) is 1.59. The highest BCUT2D eigenvalue weighted by Crippen LogP contribution is 2.07. The maximum Gasteiger partial charge on any atom is 0.263 e. The van der Waals surface area contributed by atoms with Gasteiger partial charge in [0.05, 0.1) is 11.5 Å². The maximum absolute atomic E-state index is 10.3. The van der Waals surface area contributed by atoms with E-state index in [1.807, 2.05) is 13.8 Å². The van der Waals surface area contributed by atoms with Crippen LogP contribution in [0.4, 0.5) is 0 Å². The number of nitrogens with one attached hydrogen (secondary N) is 1. The number of rotatable bonds is 9. The van der Waals surface area contributed by atoms with E-state index >= 15 is 0 Å². The predicted molar refractivity (Wildman–Crippen MR) is 63.6 cm³/mol. The quantitative estimate of drug-likeness (QED) is 0.379. The summed E-state index contributed by atoms with van der Waals surface area (Å²) in [7, 11) is 0. The van der Waals surface area contributed by atoms with Crippen LogP contribution in [-0.2, 0) is 9.47 Å². The minimum absolute atomic E-state index is 0.377. The normalized spacial score (nSPS) is 11.9. The van der Waals surface area contributed by atoms with Crippen LogP contribution in [-0.4, -0.2) is 37.2 Å². The van der Waals surface area contributed by atoms with Gasteiger partial charge in [-0.3, -0.25) is 10.1 Å². The van der Waals surface area contributed by atoms with Crippen molar-refractivity contribution >= 4 is 11.8 Å². The molecule has 0 bridgehead atoms. The van der Waals surface area contributed by atoms with E-state index in [1.165, 1.54) is 11.8 Å². The van der Waals surface area contributed by atoms with Crippen LogP contribution in [0, 0.1) is 10.1 Å². The van der Waals surface area contributed by atoms with E-state index in [9.17, 15) is 10.1 Å². The highest BCUT2D eigenvalue weighted by Gasteiger charge is 2.09. The van der Waals surface area contributed by atoms with Gasteiger partial charge in [-0.15, -0.1) is 11.8 Å². The van der Waals surface area contributed by atoms with Crippen molar-refractivity contribution in [2.75, 3.05) is 26.0 Å². The lowest BCUT2D eigenvalue weighted by Crippen LogP contribution is -2.30. The molecule has 0 saturated carbocycles. The van der Waals surface area contributed by atoms with Crippen LogP contribution in [0.1, 0.15) is 13.8 Å². The summed E-state index contributed by atoms with van der Waals surface area (Å²) in [5, 5.41) is 13.7. The topological polar surface area (TPSA) is 73.6 Å². The monoisotopic (exact) mass is 250 g/mol. The number of thioether (sulfide) groups is 1. The zero-order valence-corrected chi connectivity index (χ0v) is 10.6. The number of hydrogen-bond acceptors (Lipinski definition) is 6. The van der Waals surface area contributed by atoms with Crippen LogP contribution in [0.2, 0.25) is 0 Å². The highest BCUT2D eigenvalue weighted by atomic mass is 32.2. The van der Waals surface area contributed by atoms with E-state index in [-0.39, 0.29) is 6.29 Å². The number of nitrogens with zero attached hydrogens (tertiary/aromatic N) is 1. The van der Waals surface area contributed by atoms with Crippen LogP contribution < -0.4 is 5.32 Å². The molecule has 94 valence electrons. The van der Waals surface area contributed by atoms with Gasteiger partial charge >= 0.3 is 0 Å². The molecule has 0 aliphatic rings. The molecule has 16 heavy (non-hydrogen) atoms. The standard InChI is InChI=1S/C9H18N2O4S/c1-4-14-9(15-5-2)6-10-8(16-3)7-11(12)13/h7,9-10H,4-6H2,1-3H3/b8-7+. The molecule has 0 aliphatic heterocycles. The first kappa shape index (κ1) is 15.2. The Labute approximate surface area is 99.5 Å². The van der Waals surface area contributed by atoms with Crippen molar-refractivity contribution in [1.82, 2.24) is 5.32 Å². The first-order chi connectivity index (χ1) is 7.63. The lowest BCUT2D eigenvalue weighted by Gasteiger charge is -2.17. The zero-order valence-electron chi connectivity index (χ0n) is 9.76. The van der Waals surface area contributed by atoms with Crippen molar-refractivity contribution in [1.29, 1.82) is 0 Å². The molecule has 0 rings (SSSR count). The number of hydrogen-bond donors (Lipinski definition) is 1. The number of nitro groups is 1. The van der Waals surface area contributed by atoms with Crippen LogP contribution in [0.25, 0.3) is 0 Å². The summed E-state index contributed by atoms with van der Waals surface area (Å²) in [5.74, 6) is 0. The first-order valence-electron chi connectivity index (χ1n) is 5.00. The zero-order chi connectivity index (χ0) is 12.4. The maximum atomic E-state index is 10.3. The smallest absolute Gasteiger partial charge is 0.263 e. The molecule has 0 spiro atoms. The molecule has 0 heterocycles. The molecule has 0 fully saturated rings. The predicted octanol–water partition coefficient (Wildman–Crippen LogP) is 1.41. The van der Waals surface area contributed by atoms with Crippen molar-refractivity contribution in [3.8, 4) is 0 Å². The van der Waals surface area contributed by atoms with Crippen LogP contribution in [0.15, 0.2) is 11.2 Å². The van der Waals surface area contributed by atoms with Gasteiger partial charge in [-0.1, -0.05) is 0 Å². The third kappa shape index (κ3) is 7.49. The van der Waals surface area contributed by atoms with Gasteiger partial charge in [0.1, 0.15) is 5.03 Å². The molecule has 0 atom stereocenters. The van der Waals surface area contributed by atoms with E-state index < -0.39 is 4.92 Å². The summed E-state index contributed by atoms with van der Waals surface area (Å²) in [4.78, 5) is 9.79. The molecule has 0 aromatic carbocycles. The summed E-state index contributed by atoms with van der Waals surface area (Å²) < 4.78 is 10.6. The summed E-state index contributed by atoms with van der Waals surface area (Å²) >= 11 is 1.27. The summed E-state index contributed by atoms with van der Waals surface area (Å²) in [6.07, 6.45) is 2.32. The molecule has 0 radical (unpaired) electrons. The summed E-state index contributed by atoms with van der Waals surface area (Å²) in [6, 6.07) is 0. The van der Waals surface area contributed by atoms with E-state index in [1.54, 1.807) is 6.26 Å². The van der Waals surface area contributed by atoms with E-state index in [0.717, 1.165) is 6.20 Å². The molecule has 0 saturated heterocycles. The van der Waals surface area contributed by atoms with E-state index in [0.29, 0.717) is 24.8 Å². The molecule has 0 aromatic rings. The number of ether oxygens (including phenoxy) is 2. The van der Waals surface area contributed by atoms with Gasteiger partial charge in [-0.2, -0.15) is 0 Å². The highest BCUT2D eigenvalue weighted by molar-refractivity contribution is 8.02. The molecular weight excluding hydrogens is 232 g/mol.